The Morgan fingerprint density at radius 2 is 2.21 bits per heavy atom. The van der Waals surface area contributed by atoms with E-state index >= 15 is 0 Å². The highest BCUT2D eigenvalue weighted by Crippen LogP contribution is 2.21. The highest BCUT2D eigenvalue weighted by atomic mass is 79.9. The number of hydrogen-bond acceptors (Lipinski definition) is 3. The zero-order chi connectivity index (χ0) is 10.8. The van der Waals surface area contributed by atoms with E-state index in [1.165, 1.54) is 0 Å². The van der Waals surface area contributed by atoms with Crippen LogP contribution in [0.2, 0.25) is 0 Å². The summed E-state index contributed by atoms with van der Waals surface area (Å²) in [4.78, 5) is 8.29. The summed E-state index contributed by atoms with van der Waals surface area (Å²) in [6, 6.07) is 0. The van der Waals surface area contributed by atoms with E-state index < -0.39 is 5.54 Å². The first-order chi connectivity index (χ1) is 6.44. The van der Waals surface area contributed by atoms with Crippen molar-refractivity contribution in [3.05, 3.63) is 16.5 Å². The van der Waals surface area contributed by atoms with Gasteiger partial charge in [-0.1, -0.05) is 5.92 Å². The van der Waals surface area contributed by atoms with E-state index in [1.54, 1.807) is 6.20 Å². The van der Waals surface area contributed by atoms with Crippen molar-refractivity contribution in [1.29, 1.82) is 0 Å². The molecule has 0 atom stereocenters. The van der Waals surface area contributed by atoms with Gasteiger partial charge < -0.3 is 5.32 Å². The molecule has 0 aliphatic rings. The van der Waals surface area contributed by atoms with E-state index in [9.17, 15) is 0 Å². The summed E-state index contributed by atoms with van der Waals surface area (Å²) in [5.74, 6) is 4.08. The van der Waals surface area contributed by atoms with Gasteiger partial charge in [-0.2, -0.15) is 0 Å². The summed E-state index contributed by atoms with van der Waals surface area (Å²) < 4.78 is 0.812. The van der Waals surface area contributed by atoms with Crippen LogP contribution in [-0.2, 0) is 0 Å². The number of aromatic nitrogens is 2. The van der Waals surface area contributed by atoms with Crippen LogP contribution in [0.1, 0.15) is 19.7 Å². The first kappa shape index (κ1) is 11.0. The lowest BCUT2D eigenvalue weighted by atomic mass is 10.1. The smallest absolute Gasteiger partial charge is 0.145 e. The molecule has 4 heteroatoms. The first-order valence-corrected chi connectivity index (χ1v) is 4.99. The summed E-state index contributed by atoms with van der Waals surface area (Å²) in [7, 11) is 0. The van der Waals surface area contributed by atoms with Crippen LogP contribution >= 0.6 is 15.9 Å². The van der Waals surface area contributed by atoms with Gasteiger partial charge in [0.2, 0.25) is 0 Å². The van der Waals surface area contributed by atoms with Crippen LogP contribution < -0.4 is 5.32 Å². The molecule has 1 heterocycles. The molecule has 0 saturated carbocycles. The molecule has 0 aliphatic heterocycles. The lowest BCUT2D eigenvalue weighted by Gasteiger charge is -2.21. The normalized spacial score (nSPS) is 10.8. The number of nitrogens with zero attached hydrogens (tertiary/aromatic N) is 2. The van der Waals surface area contributed by atoms with Gasteiger partial charge in [0.1, 0.15) is 11.6 Å². The number of hydrogen-bond donors (Lipinski definition) is 1. The Kier molecular flexibility index (Phi) is 3.12. The van der Waals surface area contributed by atoms with E-state index in [1.807, 2.05) is 20.8 Å². The quantitative estimate of drug-likeness (QED) is 0.823. The number of aryl methyl sites for hydroxylation is 1. The van der Waals surface area contributed by atoms with Crippen LogP contribution in [0.15, 0.2) is 10.7 Å². The van der Waals surface area contributed by atoms with Crippen molar-refractivity contribution in [2.75, 3.05) is 5.32 Å². The maximum atomic E-state index is 5.37. The Hall–Kier alpha value is -1.08. The molecule has 74 valence electrons. The van der Waals surface area contributed by atoms with Crippen molar-refractivity contribution in [3.63, 3.8) is 0 Å². The fourth-order valence-corrected chi connectivity index (χ4v) is 1.17. The van der Waals surface area contributed by atoms with Gasteiger partial charge in [0, 0.05) is 6.20 Å². The summed E-state index contributed by atoms with van der Waals surface area (Å²) >= 11 is 3.36. The van der Waals surface area contributed by atoms with E-state index in [4.69, 9.17) is 6.42 Å². The van der Waals surface area contributed by atoms with Crippen LogP contribution in [0.4, 0.5) is 5.82 Å². The van der Waals surface area contributed by atoms with E-state index in [-0.39, 0.29) is 0 Å². The monoisotopic (exact) mass is 253 g/mol. The van der Waals surface area contributed by atoms with Gasteiger partial charge in [0.25, 0.3) is 0 Å². The fraction of sp³-hybridized carbons (Fsp3) is 0.400. The van der Waals surface area contributed by atoms with Gasteiger partial charge >= 0.3 is 0 Å². The van der Waals surface area contributed by atoms with Gasteiger partial charge in [-0.15, -0.1) is 6.42 Å². The van der Waals surface area contributed by atoms with E-state index in [0.29, 0.717) is 5.82 Å². The number of rotatable bonds is 2. The van der Waals surface area contributed by atoms with Crippen LogP contribution in [0.25, 0.3) is 0 Å². The minimum Gasteiger partial charge on any atom is -0.353 e. The van der Waals surface area contributed by atoms with Gasteiger partial charge in [0.15, 0.2) is 0 Å². The summed E-state index contributed by atoms with van der Waals surface area (Å²) in [5, 5.41) is 3.14. The molecule has 1 aromatic heterocycles. The summed E-state index contributed by atoms with van der Waals surface area (Å²) in [5.41, 5.74) is -0.413. The molecule has 0 aliphatic carbocycles. The molecule has 0 amide bonds. The molecule has 0 spiro atoms. The van der Waals surface area contributed by atoms with Crippen LogP contribution in [0.5, 0.6) is 0 Å². The number of terminal acetylenes is 1. The average molecular weight is 254 g/mol. The molecular weight excluding hydrogens is 242 g/mol. The zero-order valence-electron chi connectivity index (χ0n) is 8.43. The van der Waals surface area contributed by atoms with Crippen molar-refractivity contribution in [2.45, 2.75) is 26.3 Å². The molecule has 3 nitrogen and oxygen atoms in total. The van der Waals surface area contributed by atoms with Gasteiger partial charge in [-0.05, 0) is 36.7 Å². The molecule has 0 radical (unpaired) electrons. The van der Waals surface area contributed by atoms with Crippen LogP contribution in [0.3, 0.4) is 0 Å². The molecule has 0 aromatic carbocycles. The third-order valence-corrected chi connectivity index (χ3v) is 2.24. The maximum Gasteiger partial charge on any atom is 0.145 e. The van der Waals surface area contributed by atoms with Crippen molar-refractivity contribution in [3.8, 4) is 12.3 Å². The standard InChI is InChI=1S/C10H12BrN3/c1-5-10(3,4)14-9-8(11)6-12-7(2)13-9/h1,6H,2-4H3,(H,12,13,14). The second-order valence-corrected chi connectivity index (χ2v) is 4.36. The maximum absolute atomic E-state index is 5.37. The minimum absolute atomic E-state index is 0.413. The van der Waals surface area contributed by atoms with Crippen molar-refractivity contribution >= 4 is 21.7 Å². The van der Waals surface area contributed by atoms with Gasteiger partial charge in [0.05, 0.1) is 10.0 Å². The molecule has 1 aromatic rings. The molecule has 0 saturated heterocycles. The highest BCUT2D eigenvalue weighted by Gasteiger charge is 2.15. The molecule has 14 heavy (non-hydrogen) atoms. The van der Waals surface area contributed by atoms with Crippen molar-refractivity contribution in [2.24, 2.45) is 0 Å². The molecular formula is C10H12BrN3. The lowest BCUT2D eigenvalue weighted by Crippen LogP contribution is -2.29. The zero-order valence-corrected chi connectivity index (χ0v) is 10.0. The SMILES string of the molecule is C#CC(C)(C)Nc1nc(C)ncc1Br. The molecule has 1 rings (SSSR count). The van der Waals surface area contributed by atoms with Gasteiger partial charge in [-0.25, -0.2) is 9.97 Å². The average Bonchev–Trinajstić information content (AvgIpc) is 2.11. The Balaban J connectivity index is 2.98. The largest absolute Gasteiger partial charge is 0.353 e. The van der Waals surface area contributed by atoms with Crippen LogP contribution in [0, 0.1) is 19.3 Å². The first-order valence-electron chi connectivity index (χ1n) is 4.20. The lowest BCUT2D eigenvalue weighted by molar-refractivity contribution is 0.732. The Bertz CT molecular complexity index is 379. The minimum atomic E-state index is -0.413. The molecule has 0 bridgehead atoms. The second kappa shape index (κ2) is 3.97. The fourth-order valence-electron chi connectivity index (χ4n) is 0.875. The summed E-state index contributed by atoms with van der Waals surface area (Å²) in [6.07, 6.45) is 7.08. The molecule has 0 fully saturated rings. The third-order valence-electron chi connectivity index (χ3n) is 1.66. The highest BCUT2D eigenvalue weighted by molar-refractivity contribution is 9.10. The number of halogens is 1. The topological polar surface area (TPSA) is 37.8 Å². The molecule has 0 unspecified atom stereocenters. The predicted octanol–water partition coefficient (Wildman–Crippen LogP) is 2.37. The Labute approximate surface area is 92.5 Å². The molecule has 1 N–H and O–H groups in total. The summed E-state index contributed by atoms with van der Waals surface area (Å²) in [6.45, 7) is 5.66. The Morgan fingerprint density at radius 1 is 1.57 bits per heavy atom. The van der Waals surface area contributed by atoms with E-state index in [0.717, 1.165) is 10.3 Å². The number of nitrogens with one attached hydrogen (secondary N) is 1. The van der Waals surface area contributed by atoms with Crippen LogP contribution in [-0.4, -0.2) is 15.5 Å². The van der Waals surface area contributed by atoms with Gasteiger partial charge in [-0.3, -0.25) is 0 Å². The predicted molar refractivity (Wildman–Crippen MR) is 61.0 cm³/mol. The Morgan fingerprint density at radius 3 is 2.79 bits per heavy atom. The third kappa shape index (κ3) is 2.71. The number of anilines is 1. The van der Waals surface area contributed by atoms with Crippen molar-refractivity contribution < 1.29 is 0 Å². The van der Waals surface area contributed by atoms with Crippen molar-refractivity contribution in [1.82, 2.24) is 9.97 Å². The van der Waals surface area contributed by atoms with E-state index in [2.05, 4.69) is 37.1 Å². The second-order valence-electron chi connectivity index (χ2n) is 3.51.